The number of hydrogen-bond donors (Lipinski definition) is 2. The van der Waals surface area contributed by atoms with Crippen LogP contribution in [-0.2, 0) is 0 Å². The molecule has 0 radical (unpaired) electrons. The topological polar surface area (TPSA) is 100 Å². The van der Waals surface area contributed by atoms with E-state index < -0.39 is 0 Å². The third-order valence-corrected chi connectivity index (χ3v) is 5.72. The molecule has 2 fully saturated rings. The number of imidazole rings is 1. The lowest BCUT2D eigenvalue weighted by Crippen LogP contribution is -2.28. The fraction of sp³-hybridized carbons (Fsp3) is 0.476. The van der Waals surface area contributed by atoms with Crippen LogP contribution in [0.25, 0.3) is 5.65 Å². The van der Waals surface area contributed by atoms with Gasteiger partial charge in [0.1, 0.15) is 17.3 Å². The van der Waals surface area contributed by atoms with E-state index in [2.05, 4.69) is 35.5 Å². The zero-order valence-electron chi connectivity index (χ0n) is 17.3. The molecule has 0 aromatic carbocycles. The highest BCUT2D eigenvalue weighted by molar-refractivity contribution is 6.02. The molecule has 0 unspecified atom stereocenters. The molecule has 1 aliphatic carbocycles. The molecule has 1 saturated heterocycles. The Kier molecular flexibility index (Phi) is 4.82. The van der Waals surface area contributed by atoms with Crippen LogP contribution in [0.15, 0.2) is 24.8 Å². The second-order valence-electron chi connectivity index (χ2n) is 8.32. The number of fused-ring (bicyclic) bond motifs is 1. The lowest BCUT2D eigenvalue weighted by Gasteiger charge is -2.17. The molecule has 2 N–H and O–H groups in total. The molecule has 30 heavy (non-hydrogen) atoms. The highest BCUT2D eigenvalue weighted by Gasteiger charge is 2.27. The minimum absolute atomic E-state index is 0.270. The van der Waals surface area contributed by atoms with Crippen LogP contribution < -0.4 is 15.5 Å². The smallest absolute Gasteiger partial charge is 0.277 e. The Hall–Kier alpha value is -3.07. The van der Waals surface area contributed by atoms with E-state index in [0.717, 1.165) is 54.9 Å². The average Bonchev–Trinajstić information content (AvgIpc) is 3.30. The Morgan fingerprint density at radius 1 is 1.13 bits per heavy atom. The summed E-state index contributed by atoms with van der Waals surface area (Å²) in [5.74, 6) is 1.60. The first-order chi connectivity index (χ1) is 14.5. The van der Waals surface area contributed by atoms with Crippen molar-refractivity contribution in [2.75, 3.05) is 29.9 Å². The Morgan fingerprint density at radius 3 is 2.77 bits per heavy atom. The Balaban J connectivity index is 1.22. The molecular weight excluding hydrogens is 380 g/mol. The van der Waals surface area contributed by atoms with Crippen molar-refractivity contribution in [3.63, 3.8) is 0 Å². The number of aryl methyl sites for hydroxylation is 2. The van der Waals surface area contributed by atoms with Crippen molar-refractivity contribution >= 4 is 23.2 Å². The fourth-order valence-corrected chi connectivity index (χ4v) is 3.94. The minimum Gasteiger partial charge on any atom is -0.355 e. The summed E-state index contributed by atoms with van der Waals surface area (Å²) in [4.78, 5) is 32.5. The van der Waals surface area contributed by atoms with Crippen molar-refractivity contribution in [3.05, 3.63) is 41.9 Å². The van der Waals surface area contributed by atoms with Crippen LogP contribution in [0, 0.1) is 19.8 Å². The maximum atomic E-state index is 12.6. The normalized spacial score (nSPS) is 18.9. The lowest BCUT2D eigenvalue weighted by molar-refractivity contribution is 0.102. The third-order valence-electron chi connectivity index (χ3n) is 5.72. The largest absolute Gasteiger partial charge is 0.355 e. The quantitative estimate of drug-likeness (QED) is 0.645. The number of amides is 1. The number of aromatic nitrogens is 5. The van der Waals surface area contributed by atoms with E-state index in [4.69, 9.17) is 0 Å². The summed E-state index contributed by atoms with van der Waals surface area (Å²) < 4.78 is 1.87. The molecule has 4 heterocycles. The zero-order chi connectivity index (χ0) is 20.7. The van der Waals surface area contributed by atoms with E-state index >= 15 is 0 Å². The van der Waals surface area contributed by atoms with Gasteiger partial charge in [0, 0.05) is 25.3 Å². The third kappa shape index (κ3) is 3.97. The molecule has 1 amide bonds. The van der Waals surface area contributed by atoms with Crippen LogP contribution in [-0.4, -0.2) is 55.9 Å². The Bertz CT molecular complexity index is 1070. The number of carbonyl (C=O) groups excluding carboxylic acids is 1. The van der Waals surface area contributed by atoms with Gasteiger partial charge in [0.25, 0.3) is 5.91 Å². The molecule has 0 bridgehead atoms. The highest BCUT2D eigenvalue weighted by Crippen LogP contribution is 2.24. The molecule has 9 nitrogen and oxygen atoms in total. The van der Waals surface area contributed by atoms with Gasteiger partial charge in [-0.3, -0.25) is 4.79 Å². The molecule has 5 rings (SSSR count). The van der Waals surface area contributed by atoms with Crippen molar-refractivity contribution < 1.29 is 4.79 Å². The molecule has 156 valence electrons. The first-order valence-electron chi connectivity index (χ1n) is 10.5. The van der Waals surface area contributed by atoms with Crippen LogP contribution in [0.1, 0.15) is 41.1 Å². The molecule has 1 atom stereocenters. The van der Waals surface area contributed by atoms with Gasteiger partial charge in [0.15, 0.2) is 5.65 Å². The van der Waals surface area contributed by atoms with Crippen LogP contribution in [0.3, 0.4) is 0 Å². The lowest BCUT2D eigenvalue weighted by atomic mass is 10.1. The van der Waals surface area contributed by atoms with Gasteiger partial charge in [0.05, 0.1) is 30.0 Å². The van der Waals surface area contributed by atoms with Crippen LogP contribution >= 0.6 is 0 Å². The number of rotatable bonds is 6. The van der Waals surface area contributed by atoms with E-state index in [-0.39, 0.29) is 11.6 Å². The molecule has 0 spiro atoms. The first-order valence-corrected chi connectivity index (χ1v) is 10.5. The number of nitrogens with zero attached hydrogens (tertiary/aromatic N) is 6. The molecule has 2 aliphatic rings. The van der Waals surface area contributed by atoms with Gasteiger partial charge < -0.3 is 19.9 Å². The van der Waals surface area contributed by atoms with Crippen molar-refractivity contribution in [1.29, 1.82) is 0 Å². The maximum Gasteiger partial charge on any atom is 0.277 e. The van der Waals surface area contributed by atoms with E-state index in [1.165, 1.54) is 19.0 Å². The van der Waals surface area contributed by atoms with Gasteiger partial charge >= 0.3 is 0 Å². The SMILES string of the molecule is Cc1cn2cc(NC(=O)c3cnc(N4CC[C@@H](CNC5CC5)C4)cn3)nc(C)c2n1. The van der Waals surface area contributed by atoms with E-state index in [1.807, 2.05) is 24.4 Å². The predicted octanol–water partition coefficient (Wildman–Crippen LogP) is 1.97. The maximum absolute atomic E-state index is 12.6. The van der Waals surface area contributed by atoms with Gasteiger partial charge in [-0.05, 0) is 45.6 Å². The summed E-state index contributed by atoms with van der Waals surface area (Å²) in [6.07, 6.45) is 10.7. The van der Waals surface area contributed by atoms with Gasteiger partial charge in [-0.25, -0.2) is 19.9 Å². The Labute approximate surface area is 175 Å². The fourth-order valence-electron chi connectivity index (χ4n) is 3.94. The second-order valence-corrected chi connectivity index (χ2v) is 8.32. The molecular formula is C21H26N8O. The van der Waals surface area contributed by atoms with Crippen LogP contribution in [0.5, 0.6) is 0 Å². The summed E-state index contributed by atoms with van der Waals surface area (Å²) in [5, 5.41) is 6.41. The van der Waals surface area contributed by atoms with Crippen molar-refractivity contribution in [3.8, 4) is 0 Å². The summed E-state index contributed by atoms with van der Waals surface area (Å²) >= 11 is 0. The zero-order valence-corrected chi connectivity index (χ0v) is 17.3. The molecule has 3 aromatic rings. The number of anilines is 2. The summed E-state index contributed by atoms with van der Waals surface area (Å²) in [6, 6.07) is 0.744. The van der Waals surface area contributed by atoms with Crippen molar-refractivity contribution in [2.24, 2.45) is 5.92 Å². The number of nitrogens with one attached hydrogen (secondary N) is 2. The van der Waals surface area contributed by atoms with E-state index in [1.54, 1.807) is 12.4 Å². The Morgan fingerprint density at radius 2 is 2.00 bits per heavy atom. The van der Waals surface area contributed by atoms with Gasteiger partial charge in [-0.2, -0.15) is 0 Å². The predicted molar refractivity (Wildman–Crippen MR) is 114 cm³/mol. The minimum atomic E-state index is -0.329. The number of carbonyl (C=O) groups is 1. The molecule has 1 saturated carbocycles. The monoisotopic (exact) mass is 406 g/mol. The molecule has 1 aliphatic heterocycles. The van der Waals surface area contributed by atoms with E-state index in [0.29, 0.717) is 11.7 Å². The summed E-state index contributed by atoms with van der Waals surface area (Å²) in [5.41, 5.74) is 2.71. The molecule has 3 aromatic heterocycles. The first kappa shape index (κ1) is 18.9. The van der Waals surface area contributed by atoms with E-state index in [9.17, 15) is 4.79 Å². The van der Waals surface area contributed by atoms with Crippen LogP contribution in [0.2, 0.25) is 0 Å². The average molecular weight is 406 g/mol. The van der Waals surface area contributed by atoms with Gasteiger partial charge in [-0.15, -0.1) is 0 Å². The van der Waals surface area contributed by atoms with Gasteiger partial charge in [-0.1, -0.05) is 0 Å². The molecule has 9 heteroatoms. The summed E-state index contributed by atoms with van der Waals surface area (Å²) in [7, 11) is 0. The van der Waals surface area contributed by atoms with Crippen LogP contribution in [0.4, 0.5) is 11.6 Å². The summed E-state index contributed by atoms with van der Waals surface area (Å²) in [6.45, 7) is 6.82. The standard InChI is InChI=1S/C21H26N8O/c1-13-10-29-12-18(26-14(2)20(29)25-13)27-21(30)17-8-24-19(9-23-17)28-6-5-15(11-28)7-22-16-3-4-16/h8-10,12,15-16,22H,3-7,11H2,1-2H3,(H,27,30)/t15-/m0/s1. The number of hydrogen-bond acceptors (Lipinski definition) is 7. The highest BCUT2D eigenvalue weighted by atomic mass is 16.2. The second kappa shape index (κ2) is 7.64. The van der Waals surface area contributed by atoms with Crippen molar-refractivity contribution in [1.82, 2.24) is 29.7 Å². The van der Waals surface area contributed by atoms with Gasteiger partial charge in [0.2, 0.25) is 0 Å². The van der Waals surface area contributed by atoms with Crippen molar-refractivity contribution in [2.45, 2.75) is 39.2 Å².